The summed E-state index contributed by atoms with van der Waals surface area (Å²) < 4.78 is 4.74. The van der Waals surface area contributed by atoms with E-state index in [4.69, 9.17) is 9.84 Å². The van der Waals surface area contributed by atoms with Gasteiger partial charge in [0, 0.05) is 19.1 Å². The predicted molar refractivity (Wildman–Crippen MR) is 73.5 cm³/mol. The second kappa shape index (κ2) is 6.32. The largest absolute Gasteiger partial charge is 0.481 e. The quantitative estimate of drug-likeness (QED) is 0.747. The van der Waals surface area contributed by atoms with Gasteiger partial charge in [-0.2, -0.15) is 0 Å². The molecule has 0 radical (unpaired) electrons. The van der Waals surface area contributed by atoms with Crippen LogP contribution in [0, 0.1) is 17.8 Å². The molecule has 0 aromatic heterocycles. The minimum Gasteiger partial charge on any atom is -0.481 e. The van der Waals surface area contributed by atoms with E-state index in [9.17, 15) is 14.4 Å². The molecule has 118 valence electrons. The molecule has 2 rings (SSSR count). The lowest BCUT2D eigenvalue weighted by Gasteiger charge is -2.20. The van der Waals surface area contributed by atoms with E-state index in [1.165, 1.54) is 7.11 Å². The van der Waals surface area contributed by atoms with Crippen molar-refractivity contribution in [2.45, 2.75) is 32.2 Å². The van der Waals surface area contributed by atoms with Crippen LogP contribution in [0.1, 0.15) is 26.2 Å². The van der Waals surface area contributed by atoms with Crippen LogP contribution in [0.15, 0.2) is 0 Å². The second-order valence-electron chi connectivity index (χ2n) is 6.01. The Balaban J connectivity index is 1.85. The molecule has 0 spiro atoms. The van der Waals surface area contributed by atoms with Gasteiger partial charge in [0.1, 0.15) is 0 Å². The monoisotopic (exact) mass is 298 g/mol. The number of hydrogen-bond donors (Lipinski definition) is 2. The second-order valence-corrected chi connectivity index (χ2v) is 6.01. The van der Waals surface area contributed by atoms with Gasteiger partial charge in [-0.1, -0.05) is 6.92 Å². The highest BCUT2D eigenvalue weighted by Crippen LogP contribution is 2.27. The number of amides is 2. The zero-order chi connectivity index (χ0) is 15.6. The first-order chi connectivity index (χ1) is 9.92. The SMILES string of the molecule is COC(=O)C1CN(C(=O)NC2CCC(C(=O)O)C2)CC1C. The number of ether oxygens (including phenoxy) is 1. The molecule has 1 saturated carbocycles. The van der Waals surface area contributed by atoms with Crippen molar-refractivity contribution in [2.24, 2.45) is 17.8 Å². The minimum absolute atomic E-state index is 0.0681. The van der Waals surface area contributed by atoms with Crippen LogP contribution >= 0.6 is 0 Å². The zero-order valence-corrected chi connectivity index (χ0v) is 12.4. The van der Waals surface area contributed by atoms with Crippen LogP contribution in [-0.2, 0) is 14.3 Å². The number of urea groups is 1. The van der Waals surface area contributed by atoms with Crippen molar-refractivity contribution >= 4 is 18.0 Å². The number of carbonyl (C=O) groups is 3. The number of nitrogens with zero attached hydrogens (tertiary/aromatic N) is 1. The molecular weight excluding hydrogens is 276 g/mol. The highest BCUT2D eigenvalue weighted by Gasteiger charge is 2.39. The topological polar surface area (TPSA) is 95.9 Å². The molecule has 21 heavy (non-hydrogen) atoms. The molecule has 4 unspecified atom stereocenters. The summed E-state index contributed by atoms with van der Waals surface area (Å²) in [4.78, 5) is 36.3. The Bertz CT molecular complexity index is 439. The molecular formula is C14H22N2O5. The molecule has 2 fully saturated rings. The number of hydrogen-bond acceptors (Lipinski definition) is 4. The first-order valence-corrected chi connectivity index (χ1v) is 7.28. The van der Waals surface area contributed by atoms with Gasteiger partial charge in [-0.15, -0.1) is 0 Å². The Morgan fingerprint density at radius 1 is 1.24 bits per heavy atom. The summed E-state index contributed by atoms with van der Waals surface area (Å²) >= 11 is 0. The number of rotatable bonds is 3. The van der Waals surface area contributed by atoms with E-state index in [-0.39, 0.29) is 35.8 Å². The number of nitrogens with one attached hydrogen (secondary N) is 1. The third kappa shape index (κ3) is 3.46. The van der Waals surface area contributed by atoms with E-state index in [1.807, 2.05) is 6.92 Å². The minimum atomic E-state index is -0.799. The summed E-state index contributed by atoms with van der Waals surface area (Å²) in [6, 6.07) is -0.310. The number of carboxylic acids is 1. The number of carboxylic acid groups (broad SMARTS) is 1. The molecule has 0 aromatic rings. The number of aliphatic carboxylic acids is 1. The van der Waals surface area contributed by atoms with E-state index in [1.54, 1.807) is 4.90 Å². The first-order valence-electron chi connectivity index (χ1n) is 7.28. The van der Waals surface area contributed by atoms with Gasteiger partial charge in [0.2, 0.25) is 0 Å². The summed E-state index contributed by atoms with van der Waals surface area (Å²) in [5.74, 6) is -1.66. The van der Waals surface area contributed by atoms with Gasteiger partial charge in [-0.25, -0.2) is 4.79 Å². The van der Waals surface area contributed by atoms with Gasteiger partial charge in [0.05, 0.1) is 18.9 Å². The average Bonchev–Trinajstić information content (AvgIpc) is 3.04. The zero-order valence-electron chi connectivity index (χ0n) is 12.4. The van der Waals surface area contributed by atoms with Crippen LogP contribution in [0.25, 0.3) is 0 Å². The Morgan fingerprint density at radius 2 is 1.95 bits per heavy atom. The number of esters is 1. The molecule has 2 N–H and O–H groups in total. The highest BCUT2D eigenvalue weighted by molar-refractivity contribution is 5.79. The maximum absolute atomic E-state index is 12.2. The van der Waals surface area contributed by atoms with E-state index < -0.39 is 5.97 Å². The Morgan fingerprint density at radius 3 is 2.52 bits per heavy atom. The molecule has 7 nitrogen and oxygen atoms in total. The van der Waals surface area contributed by atoms with Crippen LogP contribution in [0.4, 0.5) is 4.79 Å². The maximum atomic E-state index is 12.2. The molecule has 2 aliphatic rings. The fourth-order valence-corrected chi connectivity index (χ4v) is 3.19. The van der Waals surface area contributed by atoms with Crippen LogP contribution in [-0.4, -0.2) is 54.2 Å². The molecule has 0 aromatic carbocycles. The maximum Gasteiger partial charge on any atom is 0.317 e. The Kier molecular flexibility index (Phi) is 4.69. The van der Waals surface area contributed by atoms with Gasteiger partial charge >= 0.3 is 18.0 Å². The van der Waals surface area contributed by atoms with Crippen LogP contribution in [0.5, 0.6) is 0 Å². The molecule has 1 aliphatic carbocycles. The van der Waals surface area contributed by atoms with Crippen molar-refractivity contribution in [1.82, 2.24) is 10.2 Å². The summed E-state index contributed by atoms with van der Waals surface area (Å²) in [5.41, 5.74) is 0. The van der Waals surface area contributed by atoms with Crippen molar-refractivity contribution in [3.05, 3.63) is 0 Å². The van der Waals surface area contributed by atoms with Gasteiger partial charge in [0.15, 0.2) is 0 Å². The number of carbonyl (C=O) groups excluding carboxylic acids is 2. The average molecular weight is 298 g/mol. The smallest absolute Gasteiger partial charge is 0.317 e. The summed E-state index contributed by atoms with van der Waals surface area (Å²) in [5, 5.41) is 11.8. The van der Waals surface area contributed by atoms with E-state index in [2.05, 4.69) is 5.32 Å². The third-order valence-corrected chi connectivity index (χ3v) is 4.51. The first kappa shape index (κ1) is 15.6. The standard InChI is InChI=1S/C14H22N2O5/c1-8-6-16(7-11(8)13(19)21-2)14(20)15-10-4-3-9(5-10)12(17)18/h8-11H,3-7H2,1-2H3,(H,15,20)(H,17,18). The molecule has 1 heterocycles. The third-order valence-electron chi connectivity index (χ3n) is 4.51. The van der Waals surface area contributed by atoms with E-state index in [0.717, 1.165) is 0 Å². The lowest BCUT2D eigenvalue weighted by Crippen LogP contribution is -2.43. The normalized spacial score (nSPS) is 32.0. The van der Waals surface area contributed by atoms with Crippen molar-refractivity contribution < 1.29 is 24.2 Å². The van der Waals surface area contributed by atoms with Crippen LogP contribution in [0.2, 0.25) is 0 Å². The Hall–Kier alpha value is -1.79. The van der Waals surface area contributed by atoms with Gasteiger partial charge < -0.3 is 20.1 Å². The van der Waals surface area contributed by atoms with E-state index >= 15 is 0 Å². The number of methoxy groups -OCH3 is 1. The fourth-order valence-electron chi connectivity index (χ4n) is 3.19. The van der Waals surface area contributed by atoms with Crippen molar-refractivity contribution in [3.63, 3.8) is 0 Å². The Labute approximate surface area is 123 Å². The molecule has 4 atom stereocenters. The molecule has 2 amide bonds. The molecule has 7 heteroatoms. The van der Waals surface area contributed by atoms with Crippen LogP contribution < -0.4 is 5.32 Å². The van der Waals surface area contributed by atoms with Crippen molar-refractivity contribution in [2.75, 3.05) is 20.2 Å². The predicted octanol–water partition coefficient (Wildman–Crippen LogP) is 0.690. The fraction of sp³-hybridized carbons (Fsp3) is 0.786. The number of likely N-dealkylation sites (tertiary alicyclic amines) is 1. The highest BCUT2D eigenvalue weighted by atomic mass is 16.5. The van der Waals surface area contributed by atoms with Gasteiger partial charge in [-0.3, -0.25) is 9.59 Å². The molecule has 0 bridgehead atoms. The van der Waals surface area contributed by atoms with Crippen molar-refractivity contribution in [3.8, 4) is 0 Å². The van der Waals surface area contributed by atoms with Crippen molar-refractivity contribution in [1.29, 1.82) is 0 Å². The lowest BCUT2D eigenvalue weighted by molar-refractivity contribution is -0.146. The van der Waals surface area contributed by atoms with E-state index in [0.29, 0.717) is 32.4 Å². The summed E-state index contributed by atoms with van der Waals surface area (Å²) in [7, 11) is 1.35. The summed E-state index contributed by atoms with van der Waals surface area (Å²) in [6.45, 7) is 2.79. The molecule has 1 saturated heterocycles. The van der Waals surface area contributed by atoms with Crippen LogP contribution in [0.3, 0.4) is 0 Å². The lowest BCUT2D eigenvalue weighted by atomic mass is 9.99. The van der Waals surface area contributed by atoms with Gasteiger partial charge in [0.25, 0.3) is 0 Å². The summed E-state index contributed by atoms with van der Waals surface area (Å²) in [6.07, 6.45) is 1.76. The molecule has 1 aliphatic heterocycles. The van der Waals surface area contributed by atoms with Gasteiger partial charge in [-0.05, 0) is 25.2 Å².